The molecule has 124 valence electrons. The maximum absolute atomic E-state index is 12.4. The minimum atomic E-state index is -0.0671. The zero-order chi connectivity index (χ0) is 16.4. The summed E-state index contributed by atoms with van der Waals surface area (Å²) < 4.78 is 1.05. The molecule has 5 nitrogen and oxygen atoms in total. The van der Waals surface area contributed by atoms with Gasteiger partial charge < -0.3 is 10.2 Å². The maximum Gasteiger partial charge on any atom is 0.280 e. The quantitative estimate of drug-likeness (QED) is 0.777. The molecule has 1 unspecified atom stereocenters. The van der Waals surface area contributed by atoms with Gasteiger partial charge in [0.25, 0.3) is 5.91 Å². The molecule has 0 spiro atoms. The van der Waals surface area contributed by atoms with Gasteiger partial charge in [-0.05, 0) is 30.9 Å². The van der Waals surface area contributed by atoms with Crippen LogP contribution in [-0.2, 0) is 0 Å². The van der Waals surface area contributed by atoms with Gasteiger partial charge in [0, 0.05) is 31.2 Å². The van der Waals surface area contributed by atoms with Gasteiger partial charge in [-0.1, -0.05) is 12.1 Å². The van der Waals surface area contributed by atoms with E-state index in [4.69, 9.17) is 0 Å². The topological polar surface area (TPSA) is 58.1 Å². The van der Waals surface area contributed by atoms with Gasteiger partial charge in [-0.2, -0.15) is 0 Å². The van der Waals surface area contributed by atoms with Crippen LogP contribution < -0.4 is 10.2 Å². The van der Waals surface area contributed by atoms with Gasteiger partial charge >= 0.3 is 0 Å². The Morgan fingerprint density at radius 3 is 3.12 bits per heavy atom. The molecule has 1 N–H and O–H groups in total. The van der Waals surface area contributed by atoms with Crippen LogP contribution in [0.4, 0.5) is 5.13 Å². The molecule has 1 aliphatic heterocycles. The number of nitrogens with one attached hydrogen (secondary N) is 1. The van der Waals surface area contributed by atoms with Crippen LogP contribution in [0.25, 0.3) is 10.2 Å². The number of nitrogens with zero attached hydrogens (tertiary/aromatic N) is 3. The first-order valence-electron chi connectivity index (χ1n) is 8.08. The summed E-state index contributed by atoms with van der Waals surface area (Å²) in [7, 11) is 0. The van der Waals surface area contributed by atoms with Gasteiger partial charge in [0.15, 0.2) is 10.1 Å². The van der Waals surface area contributed by atoms with Crippen molar-refractivity contribution in [1.29, 1.82) is 0 Å². The Kier molecular flexibility index (Phi) is 4.44. The lowest BCUT2D eigenvalue weighted by Gasteiger charge is -2.32. The van der Waals surface area contributed by atoms with Crippen molar-refractivity contribution in [2.24, 2.45) is 5.92 Å². The fourth-order valence-corrected chi connectivity index (χ4v) is 4.62. The number of piperidine rings is 1. The Bertz CT molecular complexity index is 797. The molecular weight excluding hydrogens is 340 g/mol. The molecule has 3 aromatic rings. The van der Waals surface area contributed by atoms with E-state index in [2.05, 4.69) is 20.2 Å². The Balaban J connectivity index is 1.36. The fraction of sp³-hybridized carbons (Fsp3) is 0.353. The number of amides is 1. The number of thiazole rings is 2. The number of hydrogen-bond acceptors (Lipinski definition) is 6. The van der Waals surface area contributed by atoms with Crippen LogP contribution in [0.5, 0.6) is 0 Å². The molecule has 2 aromatic heterocycles. The second-order valence-electron chi connectivity index (χ2n) is 5.97. The number of hydrogen-bond donors (Lipinski definition) is 1. The molecule has 0 saturated carbocycles. The van der Waals surface area contributed by atoms with Crippen LogP contribution in [0.2, 0.25) is 0 Å². The van der Waals surface area contributed by atoms with Crippen molar-refractivity contribution in [1.82, 2.24) is 15.3 Å². The average molecular weight is 358 g/mol. The van der Waals surface area contributed by atoms with E-state index >= 15 is 0 Å². The lowest BCUT2D eigenvalue weighted by molar-refractivity contribution is 0.0945. The molecule has 7 heteroatoms. The van der Waals surface area contributed by atoms with Crippen LogP contribution in [0.1, 0.15) is 22.6 Å². The van der Waals surface area contributed by atoms with Crippen molar-refractivity contribution in [2.45, 2.75) is 12.8 Å². The molecule has 3 heterocycles. The van der Waals surface area contributed by atoms with Crippen LogP contribution in [0, 0.1) is 5.92 Å². The molecule has 0 bridgehead atoms. The molecule has 1 aliphatic rings. The standard InChI is InChI=1S/C17H18N4OS2/c22-15(16-20-13-5-1-2-6-14(13)24-16)19-10-12-4-3-8-21(11-12)17-18-7-9-23-17/h1-2,5-7,9,12H,3-4,8,10-11H2,(H,19,22). The van der Waals surface area contributed by atoms with Crippen molar-refractivity contribution >= 4 is 43.9 Å². The van der Waals surface area contributed by atoms with Crippen LogP contribution in [0.3, 0.4) is 0 Å². The van der Waals surface area contributed by atoms with Crippen molar-refractivity contribution in [3.63, 3.8) is 0 Å². The second kappa shape index (κ2) is 6.86. The van der Waals surface area contributed by atoms with Gasteiger partial charge in [0.2, 0.25) is 0 Å². The third-order valence-electron chi connectivity index (χ3n) is 4.25. The van der Waals surface area contributed by atoms with Crippen LogP contribution in [0.15, 0.2) is 35.8 Å². The number of aromatic nitrogens is 2. The molecular formula is C17H18N4OS2. The Morgan fingerprint density at radius 1 is 1.38 bits per heavy atom. The van der Waals surface area contributed by atoms with Gasteiger partial charge in [-0.15, -0.1) is 22.7 Å². The minimum Gasteiger partial charge on any atom is -0.350 e. The Morgan fingerprint density at radius 2 is 2.29 bits per heavy atom. The minimum absolute atomic E-state index is 0.0671. The summed E-state index contributed by atoms with van der Waals surface area (Å²) >= 11 is 3.12. The molecule has 0 aliphatic carbocycles. The van der Waals surface area contributed by atoms with E-state index in [-0.39, 0.29) is 5.91 Å². The van der Waals surface area contributed by atoms with Crippen molar-refractivity contribution < 1.29 is 4.79 Å². The number of carbonyl (C=O) groups excluding carboxylic acids is 1. The third kappa shape index (κ3) is 3.27. The fourth-order valence-electron chi connectivity index (χ4n) is 3.06. The third-order valence-corrected chi connectivity index (χ3v) is 6.12. The van der Waals surface area contributed by atoms with Crippen molar-refractivity contribution in [3.05, 3.63) is 40.8 Å². The number of fused-ring (bicyclic) bond motifs is 1. The summed E-state index contributed by atoms with van der Waals surface area (Å²) in [6.45, 7) is 2.69. The van der Waals surface area contributed by atoms with Gasteiger partial charge in [-0.25, -0.2) is 9.97 Å². The molecule has 1 amide bonds. The lowest BCUT2D eigenvalue weighted by Crippen LogP contribution is -2.41. The Labute approximate surface area is 148 Å². The summed E-state index contributed by atoms with van der Waals surface area (Å²) in [4.78, 5) is 23.5. The molecule has 1 atom stereocenters. The summed E-state index contributed by atoms with van der Waals surface area (Å²) in [5.41, 5.74) is 0.889. The van der Waals surface area contributed by atoms with E-state index in [0.29, 0.717) is 17.5 Å². The highest BCUT2D eigenvalue weighted by atomic mass is 32.1. The predicted molar refractivity (Wildman–Crippen MR) is 99.0 cm³/mol. The first-order valence-corrected chi connectivity index (χ1v) is 9.77. The van der Waals surface area contributed by atoms with Crippen molar-refractivity contribution in [3.8, 4) is 0 Å². The number of rotatable bonds is 4. The molecule has 24 heavy (non-hydrogen) atoms. The maximum atomic E-state index is 12.4. The number of para-hydroxylation sites is 1. The van der Waals surface area contributed by atoms with E-state index in [9.17, 15) is 4.79 Å². The zero-order valence-corrected chi connectivity index (χ0v) is 14.8. The largest absolute Gasteiger partial charge is 0.350 e. The van der Waals surface area contributed by atoms with E-state index in [1.165, 1.54) is 11.3 Å². The SMILES string of the molecule is O=C(NCC1CCCN(c2nccs2)C1)c1nc2ccccc2s1. The molecule has 1 saturated heterocycles. The highest BCUT2D eigenvalue weighted by Crippen LogP contribution is 2.25. The summed E-state index contributed by atoms with van der Waals surface area (Å²) in [5, 5.41) is 6.69. The summed E-state index contributed by atoms with van der Waals surface area (Å²) in [5.74, 6) is 0.392. The monoisotopic (exact) mass is 358 g/mol. The Hall–Kier alpha value is -1.99. The summed E-state index contributed by atoms with van der Waals surface area (Å²) in [6, 6.07) is 7.85. The molecule has 4 rings (SSSR count). The second-order valence-corrected chi connectivity index (χ2v) is 7.87. The molecule has 1 fully saturated rings. The van der Waals surface area contributed by atoms with Gasteiger partial charge in [0.05, 0.1) is 10.2 Å². The van der Waals surface area contributed by atoms with Crippen molar-refractivity contribution in [2.75, 3.05) is 24.5 Å². The first kappa shape index (κ1) is 15.5. The van der Waals surface area contributed by atoms with Gasteiger partial charge in [0.1, 0.15) is 0 Å². The number of benzene rings is 1. The lowest BCUT2D eigenvalue weighted by atomic mass is 9.98. The van der Waals surface area contributed by atoms with E-state index in [1.54, 1.807) is 11.3 Å². The predicted octanol–water partition coefficient (Wildman–Crippen LogP) is 3.40. The van der Waals surface area contributed by atoms with E-state index in [0.717, 1.165) is 41.3 Å². The number of anilines is 1. The van der Waals surface area contributed by atoms with E-state index < -0.39 is 0 Å². The van der Waals surface area contributed by atoms with Gasteiger partial charge in [-0.3, -0.25) is 4.79 Å². The molecule has 0 radical (unpaired) electrons. The summed E-state index contributed by atoms with van der Waals surface area (Å²) in [6.07, 6.45) is 4.13. The van der Waals surface area contributed by atoms with Crippen LogP contribution in [-0.4, -0.2) is 35.5 Å². The normalized spacial score (nSPS) is 18.0. The van der Waals surface area contributed by atoms with Crippen LogP contribution >= 0.6 is 22.7 Å². The number of carbonyl (C=O) groups is 1. The van der Waals surface area contributed by atoms with E-state index in [1.807, 2.05) is 35.8 Å². The first-order chi connectivity index (χ1) is 11.8. The molecule has 1 aromatic carbocycles. The average Bonchev–Trinajstić information content (AvgIpc) is 3.29. The zero-order valence-electron chi connectivity index (χ0n) is 13.1. The highest BCUT2D eigenvalue weighted by molar-refractivity contribution is 7.20. The highest BCUT2D eigenvalue weighted by Gasteiger charge is 2.22. The smallest absolute Gasteiger partial charge is 0.280 e.